The fourth-order valence-electron chi connectivity index (χ4n) is 2.37. The van der Waals surface area contributed by atoms with Gasteiger partial charge in [-0.3, -0.25) is 4.99 Å². The second-order valence-electron chi connectivity index (χ2n) is 6.18. The number of nitrogens with zero attached hydrogens (tertiary/aromatic N) is 1. The summed E-state index contributed by atoms with van der Waals surface area (Å²) in [6.45, 7) is 8.15. The molecule has 1 unspecified atom stereocenters. The number of aliphatic imine (C=N–C) groups is 1. The number of guanidine groups is 1. The fourth-order valence-corrected chi connectivity index (χ4v) is 2.79. The summed E-state index contributed by atoms with van der Waals surface area (Å²) in [5.74, 6) is 2.11. The number of nitrogens with one attached hydrogen (secondary N) is 2. The van der Waals surface area contributed by atoms with E-state index in [0.717, 1.165) is 17.1 Å². The van der Waals surface area contributed by atoms with E-state index in [1.165, 1.54) is 6.26 Å². The van der Waals surface area contributed by atoms with Crippen LogP contribution in [0.3, 0.4) is 0 Å². The van der Waals surface area contributed by atoms with Crippen molar-refractivity contribution in [1.29, 1.82) is 0 Å². The second-order valence-corrected chi connectivity index (χ2v) is 8.44. The summed E-state index contributed by atoms with van der Waals surface area (Å²) in [6.07, 6.45) is 1.19. The molecule has 0 fully saturated rings. The van der Waals surface area contributed by atoms with Gasteiger partial charge < -0.3 is 24.8 Å². The van der Waals surface area contributed by atoms with Gasteiger partial charge >= 0.3 is 0 Å². The van der Waals surface area contributed by atoms with Crippen LogP contribution < -0.4 is 20.1 Å². The molecule has 1 rings (SSSR count). The van der Waals surface area contributed by atoms with Gasteiger partial charge in [0.05, 0.1) is 38.2 Å². The van der Waals surface area contributed by atoms with Gasteiger partial charge in [-0.2, -0.15) is 0 Å². The maximum Gasteiger partial charge on any atom is 0.191 e. The molecule has 0 aliphatic rings. The number of hydrogen-bond donors (Lipinski definition) is 2. The van der Waals surface area contributed by atoms with Crippen molar-refractivity contribution in [2.75, 3.05) is 52.0 Å². The van der Waals surface area contributed by atoms with E-state index >= 15 is 0 Å². The predicted molar refractivity (Wildman–Crippen MR) is 112 cm³/mol. The zero-order chi connectivity index (χ0) is 21.0. The molecule has 9 heteroatoms. The number of ether oxygens (including phenoxy) is 3. The Morgan fingerprint density at radius 3 is 2.43 bits per heavy atom. The lowest BCUT2D eigenvalue weighted by molar-refractivity contribution is 0.154. The first-order valence-corrected chi connectivity index (χ1v) is 11.5. The van der Waals surface area contributed by atoms with E-state index in [2.05, 4.69) is 15.6 Å². The highest BCUT2D eigenvalue weighted by molar-refractivity contribution is 7.90. The van der Waals surface area contributed by atoms with Gasteiger partial charge in [-0.25, -0.2) is 8.42 Å². The zero-order valence-corrected chi connectivity index (χ0v) is 18.3. The summed E-state index contributed by atoms with van der Waals surface area (Å²) in [5, 5.41) is 6.46. The molecule has 1 atom stereocenters. The maximum atomic E-state index is 11.1. The van der Waals surface area contributed by atoms with Crippen molar-refractivity contribution in [3.8, 4) is 11.5 Å². The SMILES string of the molecule is CCOc1ccc(C(C)NC(=NC)NCCOCCS(C)(=O)=O)cc1OCC. The van der Waals surface area contributed by atoms with Gasteiger partial charge in [-0.1, -0.05) is 6.07 Å². The summed E-state index contributed by atoms with van der Waals surface area (Å²) in [7, 11) is -1.30. The molecule has 1 aromatic carbocycles. The van der Waals surface area contributed by atoms with Crippen LogP contribution in [-0.2, 0) is 14.6 Å². The molecular weight excluding hydrogens is 382 g/mol. The fraction of sp³-hybridized carbons (Fsp3) is 0.632. The molecule has 2 N–H and O–H groups in total. The van der Waals surface area contributed by atoms with Crippen LogP contribution in [-0.4, -0.2) is 66.4 Å². The van der Waals surface area contributed by atoms with Crippen molar-refractivity contribution in [3.05, 3.63) is 23.8 Å². The molecule has 0 saturated carbocycles. The van der Waals surface area contributed by atoms with Crippen LogP contribution in [0.25, 0.3) is 0 Å². The van der Waals surface area contributed by atoms with Crippen LogP contribution in [0.5, 0.6) is 11.5 Å². The number of hydrogen-bond acceptors (Lipinski definition) is 6. The minimum absolute atomic E-state index is 0.00719. The third kappa shape index (κ3) is 9.27. The van der Waals surface area contributed by atoms with Crippen LogP contribution in [0.1, 0.15) is 32.4 Å². The standard InChI is InChI=1S/C19H33N3O5S/c1-6-26-17-9-8-16(14-18(17)27-7-2)15(3)22-19(20-4)21-10-11-25-12-13-28(5,23)24/h8-9,14-15H,6-7,10-13H2,1-5H3,(H2,20,21,22). The molecule has 0 radical (unpaired) electrons. The molecule has 0 aromatic heterocycles. The Hall–Kier alpha value is -2.00. The molecule has 1 aromatic rings. The van der Waals surface area contributed by atoms with Gasteiger partial charge in [0.1, 0.15) is 9.84 Å². The van der Waals surface area contributed by atoms with Crippen LogP contribution in [0.2, 0.25) is 0 Å². The Kier molecular flexibility index (Phi) is 10.7. The monoisotopic (exact) mass is 415 g/mol. The van der Waals surface area contributed by atoms with Crippen molar-refractivity contribution in [2.24, 2.45) is 4.99 Å². The van der Waals surface area contributed by atoms with Crippen molar-refractivity contribution in [2.45, 2.75) is 26.8 Å². The van der Waals surface area contributed by atoms with E-state index in [9.17, 15) is 8.42 Å². The van der Waals surface area contributed by atoms with Gasteiger partial charge in [-0.15, -0.1) is 0 Å². The average molecular weight is 416 g/mol. The number of benzene rings is 1. The lowest BCUT2D eigenvalue weighted by atomic mass is 10.1. The molecule has 0 saturated heterocycles. The summed E-state index contributed by atoms with van der Waals surface area (Å²) in [4.78, 5) is 4.20. The minimum Gasteiger partial charge on any atom is -0.490 e. The van der Waals surface area contributed by atoms with E-state index < -0.39 is 9.84 Å². The number of rotatable bonds is 12. The molecule has 8 nitrogen and oxygen atoms in total. The Labute approximate surface area is 168 Å². The van der Waals surface area contributed by atoms with Crippen molar-refractivity contribution in [1.82, 2.24) is 10.6 Å². The van der Waals surface area contributed by atoms with E-state index in [0.29, 0.717) is 32.3 Å². The first-order valence-electron chi connectivity index (χ1n) is 9.42. The second kappa shape index (κ2) is 12.5. The average Bonchev–Trinajstić information content (AvgIpc) is 2.64. The van der Waals surface area contributed by atoms with Gasteiger partial charge in [0.15, 0.2) is 17.5 Å². The van der Waals surface area contributed by atoms with Crippen LogP contribution in [0.4, 0.5) is 0 Å². The summed E-state index contributed by atoms with van der Waals surface area (Å²) in [5.41, 5.74) is 1.04. The van der Waals surface area contributed by atoms with Crippen molar-refractivity contribution < 1.29 is 22.6 Å². The molecule has 160 valence electrons. The van der Waals surface area contributed by atoms with Crippen LogP contribution >= 0.6 is 0 Å². The highest BCUT2D eigenvalue weighted by Crippen LogP contribution is 2.30. The summed E-state index contributed by atoms with van der Waals surface area (Å²) in [6, 6.07) is 5.86. The lowest BCUT2D eigenvalue weighted by Gasteiger charge is -2.20. The Bertz CT molecular complexity index is 722. The molecular formula is C19H33N3O5S. The molecule has 0 amide bonds. The third-order valence-corrected chi connectivity index (χ3v) is 4.69. The normalized spacial score (nSPS) is 13.1. The smallest absolute Gasteiger partial charge is 0.191 e. The first-order chi connectivity index (χ1) is 13.3. The zero-order valence-electron chi connectivity index (χ0n) is 17.4. The molecule has 0 aliphatic heterocycles. The number of sulfone groups is 1. The van der Waals surface area contributed by atoms with Crippen LogP contribution in [0.15, 0.2) is 23.2 Å². The summed E-state index contributed by atoms with van der Waals surface area (Å²) < 4.78 is 38.7. The largest absolute Gasteiger partial charge is 0.490 e. The van der Waals surface area contributed by atoms with Gasteiger partial charge in [0, 0.05) is 19.8 Å². The Morgan fingerprint density at radius 2 is 1.82 bits per heavy atom. The van der Waals surface area contributed by atoms with Crippen LogP contribution in [0, 0.1) is 0 Å². The quantitative estimate of drug-likeness (QED) is 0.305. The van der Waals surface area contributed by atoms with Crippen molar-refractivity contribution >= 4 is 15.8 Å². The van der Waals surface area contributed by atoms with E-state index in [-0.39, 0.29) is 18.4 Å². The van der Waals surface area contributed by atoms with Crippen molar-refractivity contribution in [3.63, 3.8) is 0 Å². The van der Waals surface area contributed by atoms with E-state index in [4.69, 9.17) is 14.2 Å². The Balaban J connectivity index is 2.54. The minimum atomic E-state index is -2.99. The lowest BCUT2D eigenvalue weighted by Crippen LogP contribution is -2.40. The maximum absolute atomic E-state index is 11.1. The highest BCUT2D eigenvalue weighted by Gasteiger charge is 2.12. The Morgan fingerprint density at radius 1 is 1.14 bits per heavy atom. The van der Waals surface area contributed by atoms with E-state index in [1.807, 2.05) is 39.0 Å². The van der Waals surface area contributed by atoms with Gasteiger partial charge in [0.25, 0.3) is 0 Å². The molecule has 0 heterocycles. The highest BCUT2D eigenvalue weighted by atomic mass is 32.2. The predicted octanol–water partition coefficient (Wildman–Crippen LogP) is 1.77. The third-order valence-electron chi connectivity index (χ3n) is 3.78. The summed E-state index contributed by atoms with van der Waals surface area (Å²) >= 11 is 0. The molecule has 28 heavy (non-hydrogen) atoms. The van der Waals surface area contributed by atoms with Gasteiger partial charge in [0.2, 0.25) is 0 Å². The van der Waals surface area contributed by atoms with Gasteiger partial charge in [-0.05, 0) is 38.5 Å². The molecule has 0 spiro atoms. The topological polar surface area (TPSA) is 98.2 Å². The molecule has 0 aliphatic carbocycles. The first kappa shape index (κ1) is 24.0. The van der Waals surface area contributed by atoms with E-state index in [1.54, 1.807) is 7.05 Å². The molecule has 0 bridgehead atoms.